The Morgan fingerprint density at radius 2 is 1.88 bits per heavy atom. The van der Waals surface area contributed by atoms with Gasteiger partial charge in [-0.25, -0.2) is 4.99 Å². The monoisotopic (exact) mass is 551 g/mol. The molecule has 1 atom stereocenters. The van der Waals surface area contributed by atoms with Gasteiger partial charge in [0.25, 0.3) is 0 Å². The van der Waals surface area contributed by atoms with E-state index in [4.69, 9.17) is 9.52 Å². The number of guanidine groups is 1. The molecule has 32 heavy (non-hydrogen) atoms. The van der Waals surface area contributed by atoms with Crippen LogP contribution in [0.5, 0.6) is 0 Å². The van der Waals surface area contributed by atoms with Crippen LogP contribution in [0.3, 0.4) is 0 Å². The van der Waals surface area contributed by atoms with Gasteiger partial charge >= 0.3 is 0 Å². The normalized spacial score (nSPS) is 12.5. The molecule has 0 saturated heterocycles. The smallest absolute Gasteiger partial charge is 0.192 e. The minimum atomic E-state index is 0. The van der Waals surface area contributed by atoms with Gasteiger partial charge in [0, 0.05) is 19.0 Å². The lowest BCUT2D eigenvalue weighted by molar-refractivity contribution is 0.368. The summed E-state index contributed by atoms with van der Waals surface area (Å²) < 4.78 is 7.50. The van der Waals surface area contributed by atoms with E-state index in [1.54, 1.807) is 0 Å². The zero-order valence-electron chi connectivity index (χ0n) is 19.5. The summed E-state index contributed by atoms with van der Waals surface area (Å²) in [5.41, 5.74) is 2.20. The minimum absolute atomic E-state index is 0. The van der Waals surface area contributed by atoms with Crippen LogP contribution in [0.4, 0.5) is 0 Å². The third kappa shape index (κ3) is 6.78. The summed E-state index contributed by atoms with van der Waals surface area (Å²) in [5.74, 6) is 3.57. The lowest BCUT2D eigenvalue weighted by atomic mass is 9.99. The third-order valence-electron chi connectivity index (χ3n) is 5.63. The van der Waals surface area contributed by atoms with E-state index in [1.165, 1.54) is 5.56 Å². The predicted octanol–water partition coefficient (Wildman–Crippen LogP) is 4.63. The molecule has 0 radical (unpaired) electrons. The topological polar surface area (TPSA) is 93.2 Å². The Kier molecular flexibility index (Phi) is 10.1. The van der Waals surface area contributed by atoms with E-state index < -0.39 is 0 Å². The van der Waals surface area contributed by atoms with Crippen LogP contribution in [0, 0.1) is 6.92 Å². The molecule has 0 spiro atoms. The molecule has 8 nitrogen and oxygen atoms in total. The number of hydrogen-bond donors (Lipinski definition) is 2. The second kappa shape index (κ2) is 12.6. The molecule has 0 fully saturated rings. The SMILES string of the molecule is CCC(CC)c1cc(CNC(=NCc2nnc(C)n2C)NC(C)c2ccccc2)on1.I. The first-order valence-electron chi connectivity index (χ1n) is 10.9. The second-order valence-corrected chi connectivity index (χ2v) is 7.75. The highest BCUT2D eigenvalue weighted by Crippen LogP contribution is 2.22. The Balaban J connectivity index is 0.00000363. The Bertz CT molecular complexity index is 979. The van der Waals surface area contributed by atoms with E-state index >= 15 is 0 Å². The number of aryl methyl sites for hydroxylation is 1. The zero-order valence-corrected chi connectivity index (χ0v) is 21.8. The minimum Gasteiger partial charge on any atom is -0.359 e. The molecule has 0 aliphatic rings. The molecule has 2 N–H and O–H groups in total. The lowest BCUT2D eigenvalue weighted by Gasteiger charge is -2.18. The van der Waals surface area contributed by atoms with Gasteiger partial charge in [0.05, 0.1) is 18.3 Å². The van der Waals surface area contributed by atoms with Gasteiger partial charge in [-0.1, -0.05) is 49.3 Å². The average Bonchev–Trinajstić information content (AvgIpc) is 3.38. The van der Waals surface area contributed by atoms with Gasteiger partial charge in [-0.2, -0.15) is 0 Å². The van der Waals surface area contributed by atoms with Gasteiger partial charge in [0.1, 0.15) is 12.4 Å². The van der Waals surface area contributed by atoms with Gasteiger partial charge in [-0.15, -0.1) is 34.2 Å². The maximum atomic E-state index is 5.55. The van der Waals surface area contributed by atoms with Crippen LogP contribution in [-0.2, 0) is 20.1 Å². The Morgan fingerprint density at radius 1 is 1.16 bits per heavy atom. The van der Waals surface area contributed by atoms with E-state index in [-0.39, 0.29) is 30.0 Å². The molecule has 3 rings (SSSR count). The highest BCUT2D eigenvalue weighted by Gasteiger charge is 2.14. The van der Waals surface area contributed by atoms with Crippen molar-refractivity contribution in [2.45, 2.75) is 65.6 Å². The fourth-order valence-electron chi connectivity index (χ4n) is 3.40. The van der Waals surface area contributed by atoms with E-state index in [0.717, 1.165) is 35.9 Å². The molecule has 9 heteroatoms. The molecule has 0 aliphatic heterocycles. The molecular weight excluding hydrogens is 517 g/mol. The predicted molar refractivity (Wildman–Crippen MR) is 137 cm³/mol. The molecule has 2 aromatic heterocycles. The number of aromatic nitrogens is 4. The summed E-state index contributed by atoms with van der Waals surface area (Å²) in [4.78, 5) is 4.73. The van der Waals surface area contributed by atoms with Crippen molar-refractivity contribution in [3.63, 3.8) is 0 Å². The molecule has 2 heterocycles. The van der Waals surface area contributed by atoms with Crippen LogP contribution in [0.2, 0.25) is 0 Å². The van der Waals surface area contributed by atoms with Gasteiger partial charge in [-0.05, 0) is 32.3 Å². The van der Waals surface area contributed by atoms with Crippen molar-refractivity contribution in [3.05, 3.63) is 65.1 Å². The van der Waals surface area contributed by atoms with Crippen molar-refractivity contribution >= 4 is 29.9 Å². The largest absolute Gasteiger partial charge is 0.359 e. The van der Waals surface area contributed by atoms with Crippen molar-refractivity contribution in [1.82, 2.24) is 30.6 Å². The lowest BCUT2D eigenvalue weighted by Crippen LogP contribution is -2.38. The molecule has 174 valence electrons. The molecule has 0 bridgehead atoms. The first kappa shape index (κ1) is 25.8. The third-order valence-corrected chi connectivity index (χ3v) is 5.63. The number of rotatable bonds is 9. The molecular formula is C23H34IN7O. The standard InChI is InChI=1S/C23H33N7O.HI/c1-6-18(7-2)21-13-20(31-29-21)14-24-23(25-15-22-28-27-17(4)30(22)5)26-16(3)19-11-9-8-10-12-19;/h8-13,16,18H,6-7,14-15H2,1-5H3,(H2,24,25,26);1H. The van der Waals surface area contributed by atoms with E-state index in [2.05, 4.69) is 58.9 Å². The van der Waals surface area contributed by atoms with Gasteiger partial charge in [0.2, 0.25) is 0 Å². The molecule has 1 unspecified atom stereocenters. The summed E-state index contributed by atoms with van der Waals surface area (Å²) in [6, 6.07) is 12.4. The summed E-state index contributed by atoms with van der Waals surface area (Å²) in [6.07, 6.45) is 2.10. The van der Waals surface area contributed by atoms with Crippen LogP contribution in [0.25, 0.3) is 0 Å². The first-order chi connectivity index (χ1) is 15.0. The van der Waals surface area contributed by atoms with Crippen LogP contribution < -0.4 is 10.6 Å². The van der Waals surface area contributed by atoms with Crippen molar-refractivity contribution < 1.29 is 4.52 Å². The van der Waals surface area contributed by atoms with Gasteiger partial charge in [-0.3, -0.25) is 0 Å². The Morgan fingerprint density at radius 3 is 2.50 bits per heavy atom. The number of aliphatic imine (C=N–C) groups is 1. The van der Waals surface area contributed by atoms with E-state index in [1.807, 2.05) is 42.8 Å². The number of nitrogens with one attached hydrogen (secondary N) is 2. The molecule has 0 aliphatic carbocycles. The number of benzene rings is 1. The Hall–Kier alpha value is -2.43. The summed E-state index contributed by atoms with van der Waals surface area (Å²) in [6.45, 7) is 9.31. The van der Waals surface area contributed by atoms with Crippen molar-refractivity contribution in [3.8, 4) is 0 Å². The number of nitrogens with zero attached hydrogens (tertiary/aromatic N) is 5. The van der Waals surface area contributed by atoms with Gasteiger partial charge in [0.15, 0.2) is 17.5 Å². The van der Waals surface area contributed by atoms with Crippen LogP contribution in [0.1, 0.15) is 74.2 Å². The molecule has 3 aromatic rings. The quantitative estimate of drug-likeness (QED) is 0.229. The maximum absolute atomic E-state index is 5.55. The highest BCUT2D eigenvalue weighted by atomic mass is 127. The van der Waals surface area contributed by atoms with Crippen LogP contribution in [0.15, 0.2) is 45.9 Å². The number of halogens is 1. The number of hydrogen-bond acceptors (Lipinski definition) is 5. The van der Waals surface area contributed by atoms with Crippen molar-refractivity contribution in [1.29, 1.82) is 0 Å². The fourth-order valence-corrected chi connectivity index (χ4v) is 3.40. The first-order valence-corrected chi connectivity index (χ1v) is 10.9. The molecule has 0 saturated carbocycles. The fraction of sp³-hybridized carbons (Fsp3) is 0.478. The Labute approximate surface area is 207 Å². The zero-order chi connectivity index (χ0) is 22.2. The van der Waals surface area contributed by atoms with Crippen molar-refractivity contribution in [2.75, 3.05) is 0 Å². The van der Waals surface area contributed by atoms with Crippen LogP contribution in [-0.4, -0.2) is 25.9 Å². The summed E-state index contributed by atoms with van der Waals surface area (Å²) >= 11 is 0. The summed E-state index contributed by atoms with van der Waals surface area (Å²) in [7, 11) is 1.95. The second-order valence-electron chi connectivity index (χ2n) is 7.75. The van der Waals surface area contributed by atoms with E-state index in [9.17, 15) is 0 Å². The van der Waals surface area contributed by atoms with Crippen LogP contribution >= 0.6 is 24.0 Å². The van der Waals surface area contributed by atoms with Gasteiger partial charge < -0.3 is 19.7 Å². The summed E-state index contributed by atoms with van der Waals surface area (Å²) in [5, 5.41) is 19.4. The maximum Gasteiger partial charge on any atom is 0.192 e. The molecule has 1 aromatic carbocycles. The van der Waals surface area contributed by atoms with E-state index in [0.29, 0.717) is 25.0 Å². The molecule has 0 amide bonds. The van der Waals surface area contributed by atoms with Crippen molar-refractivity contribution in [2.24, 2.45) is 12.0 Å². The highest BCUT2D eigenvalue weighted by molar-refractivity contribution is 14.0. The average molecular weight is 551 g/mol.